The molecule has 2 unspecified atom stereocenters. The summed E-state index contributed by atoms with van der Waals surface area (Å²) in [4.78, 5) is 8.95. The second kappa shape index (κ2) is 8.14. The Morgan fingerprint density at radius 2 is 2.05 bits per heavy atom. The zero-order valence-electron chi connectivity index (χ0n) is 13.2. The fourth-order valence-electron chi connectivity index (χ4n) is 2.40. The van der Waals surface area contributed by atoms with Gasteiger partial charge in [-0.05, 0) is 27.2 Å². The van der Waals surface area contributed by atoms with Crippen molar-refractivity contribution in [1.29, 1.82) is 0 Å². The normalized spacial score (nSPS) is 21.5. The van der Waals surface area contributed by atoms with Crippen molar-refractivity contribution in [2.24, 2.45) is 5.92 Å². The van der Waals surface area contributed by atoms with E-state index in [1.165, 1.54) is 0 Å². The molecule has 1 aliphatic heterocycles. The summed E-state index contributed by atoms with van der Waals surface area (Å²) in [6.07, 6.45) is 1.42. The minimum atomic E-state index is 0.315. The smallest absolute Gasteiger partial charge is 0.158 e. The molecule has 0 radical (unpaired) electrons. The largest absolute Gasteiger partial charge is 0.378 e. The molecule has 21 heavy (non-hydrogen) atoms. The minimum Gasteiger partial charge on any atom is -0.378 e. The van der Waals surface area contributed by atoms with E-state index in [-0.39, 0.29) is 0 Å². The van der Waals surface area contributed by atoms with Crippen molar-refractivity contribution in [1.82, 2.24) is 9.97 Å². The van der Waals surface area contributed by atoms with Crippen LogP contribution in [-0.2, 0) is 16.1 Å². The van der Waals surface area contributed by atoms with E-state index in [1.54, 1.807) is 0 Å². The first-order valence-electron chi connectivity index (χ1n) is 7.78. The van der Waals surface area contributed by atoms with Crippen molar-refractivity contribution in [3.63, 3.8) is 0 Å². The lowest BCUT2D eigenvalue weighted by atomic mass is 10.0. The van der Waals surface area contributed by atoms with Crippen LogP contribution in [-0.4, -0.2) is 42.4 Å². The summed E-state index contributed by atoms with van der Waals surface area (Å²) >= 11 is 0. The summed E-state index contributed by atoms with van der Waals surface area (Å²) in [6.45, 7) is 9.81. The van der Waals surface area contributed by atoms with Gasteiger partial charge in [-0.25, -0.2) is 9.97 Å². The highest BCUT2D eigenvalue weighted by atomic mass is 16.5. The van der Waals surface area contributed by atoms with Crippen molar-refractivity contribution in [2.45, 2.75) is 39.9 Å². The molecule has 2 atom stereocenters. The molecule has 1 aromatic rings. The molecule has 2 N–H and O–H groups in total. The van der Waals surface area contributed by atoms with E-state index in [0.717, 1.165) is 37.8 Å². The Morgan fingerprint density at radius 3 is 2.67 bits per heavy atom. The van der Waals surface area contributed by atoms with Crippen LogP contribution in [0.3, 0.4) is 0 Å². The average molecular weight is 294 g/mol. The Kier molecular flexibility index (Phi) is 6.20. The van der Waals surface area contributed by atoms with Crippen LogP contribution in [0.2, 0.25) is 0 Å². The van der Waals surface area contributed by atoms with Crippen molar-refractivity contribution < 1.29 is 9.47 Å². The lowest BCUT2D eigenvalue weighted by Gasteiger charge is -2.16. The van der Waals surface area contributed by atoms with Crippen molar-refractivity contribution >= 4 is 11.6 Å². The van der Waals surface area contributed by atoms with Crippen LogP contribution in [0.15, 0.2) is 6.07 Å². The van der Waals surface area contributed by atoms with Gasteiger partial charge < -0.3 is 20.1 Å². The van der Waals surface area contributed by atoms with Gasteiger partial charge >= 0.3 is 0 Å². The molecule has 0 saturated carbocycles. The van der Waals surface area contributed by atoms with Crippen LogP contribution in [0.5, 0.6) is 0 Å². The first-order chi connectivity index (χ1) is 10.2. The molecule has 1 fully saturated rings. The topological polar surface area (TPSA) is 68.3 Å². The maximum atomic E-state index is 5.59. The number of ether oxygens (including phenoxy) is 2. The molecule has 1 saturated heterocycles. The fraction of sp³-hybridized carbons (Fsp3) is 0.733. The number of anilines is 2. The number of hydrogen-bond acceptors (Lipinski definition) is 6. The molecule has 0 amide bonds. The molecular formula is C15H26N4O2. The summed E-state index contributed by atoms with van der Waals surface area (Å²) < 4.78 is 11.0. The van der Waals surface area contributed by atoms with Gasteiger partial charge in [-0.1, -0.05) is 0 Å². The van der Waals surface area contributed by atoms with Crippen LogP contribution in [0.4, 0.5) is 11.6 Å². The third-order valence-corrected chi connectivity index (χ3v) is 3.64. The number of nitrogens with one attached hydrogen (secondary N) is 2. The molecule has 118 valence electrons. The highest BCUT2D eigenvalue weighted by Gasteiger charge is 2.23. The highest BCUT2D eigenvalue weighted by molar-refractivity contribution is 5.47. The van der Waals surface area contributed by atoms with E-state index in [0.29, 0.717) is 31.1 Å². The SMILES string of the molecule is CCNc1cc(NCC2CCOC2C)nc(COCC)n1. The van der Waals surface area contributed by atoms with E-state index < -0.39 is 0 Å². The maximum Gasteiger partial charge on any atom is 0.158 e. The van der Waals surface area contributed by atoms with Gasteiger partial charge in [0.05, 0.1) is 6.10 Å². The van der Waals surface area contributed by atoms with Gasteiger partial charge in [-0.3, -0.25) is 0 Å². The van der Waals surface area contributed by atoms with Crippen molar-refractivity contribution in [2.75, 3.05) is 36.9 Å². The summed E-state index contributed by atoms with van der Waals surface area (Å²) in [5.74, 6) is 2.92. The molecule has 1 aliphatic rings. The van der Waals surface area contributed by atoms with Gasteiger partial charge in [-0.2, -0.15) is 0 Å². The monoisotopic (exact) mass is 294 g/mol. The van der Waals surface area contributed by atoms with Crippen LogP contribution >= 0.6 is 0 Å². The fourth-order valence-corrected chi connectivity index (χ4v) is 2.40. The Bertz CT molecular complexity index is 442. The second-order valence-electron chi connectivity index (χ2n) is 5.23. The molecule has 0 aromatic carbocycles. The van der Waals surface area contributed by atoms with Gasteiger partial charge in [0, 0.05) is 38.3 Å². The van der Waals surface area contributed by atoms with Gasteiger partial charge in [0.2, 0.25) is 0 Å². The van der Waals surface area contributed by atoms with Crippen LogP contribution in [0, 0.1) is 5.92 Å². The number of aromatic nitrogens is 2. The minimum absolute atomic E-state index is 0.315. The lowest BCUT2D eigenvalue weighted by Crippen LogP contribution is -2.21. The summed E-state index contributed by atoms with van der Waals surface area (Å²) in [5.41, 5.74) is 0. The van der Waals surface area contributed by atoms with Crippen molar-refractivity contribution in [3.05, 3.63) is 11.9 Å². The molecule has 0 aliphatic carbocycles. The number of hydrogen-bond donors (Lipinski definition) is 2. The molecule has 2 heterocycles. The first-order valence-corrected chi connectivity index (χ1v) is 7.78. The Labute approximate surface area is 126 Å². The highest BCUT2D eigenvalue weighted by Crippen LogP contribution is 2.21. The van der Waals surface area contributed by atoms with Gasteiger partial charge in [-0.15, -0.1) is 0 Å². The van der Waals surface area contributed by atoms with Crippen LogP contribution in [0.25, 0.3) is 0 Å². The molecule has 1 aromatic heterocycles. The van der Waals surface area contributed by atoms with Gasteiger partial charge in [0.1, 0.15) is 18.2 Å². The lowest BCUT2D eigenvalue weighted by molar-refractivity contribution is 0.108. The van der Waals surface area contributed by atoms with Crippen molar-refractivity contribution in [3.8, 4) is 0 Å². The molecule has 2 rings (SSSR count). The molecule has 0 bridgehead atoms. The van der Waals surface area contributed by atoms with Crippen LogP contribution < -0.4 is 10.6 Å². The molecular weight excluding hydrogens is 268 g/mol. The summed E-state index contributed by atoms with van der Waals surface area (Å²) in [6, 6.07) is 1.94. The van der Waals surface area contributed by atoms with E-state index in [2.05, 4.69) is 34.4 Å². The van der Waals surface area contributed by atoms with Crippen LogP contribution in [0.1, 0.15) is 33.0 Å². The zero-order valence-corrected chi connectivity index (χ0v) is 13.2. The Balaban J connectivity index is 2.00. The van der Waals surface area contributed by atoms with Gasteiger partial charge in [0.25, 0.3) is 0 Å². The summed E-state index contributed by atoms with van der Waals surface area (Å²) in [5, 5.41) is 6.64. The van der Waals surface area contributed by atoms with E-state index in [9.17, 15) is 0 Å². The van der Waals surface area contributed by atoms with E-state index in [1.807, 2.05) is 13.0 Å². The molecule has 0 spiro atoms. The first kappa shape index (κ1) is 16.0. The summed E-state index contributed by atoms with van der Waals surface area (Å²) in [7, 11) is 0. The quantitative estimate of drug-likeness (QED) is 0.766. The van der Waals surface area contributed by atoms with E-state index in [4.69, 9.17) is 9.47 Å². The second-order valence-corrected chi connectivity index (χ2v) is 5.23. The maximum absolute atomic E-state index is 5.59. The molecule has 6 heteroatoms. The average Bonchev–Trinajstić information content (AvgIpc) is 2.88. The predicted octanol–water partition coefficient (Wildman–Crippen LogP) is 2.28. The Hall–Kier alpha value is -1.40. The predicted molar refractivity (Wildman–Crippen MR) is 83.5 cm³/mol. The number of rotatable bonds is 8. The number of nitrogens with zero attached hydrogens (tertiary/aromatic N) is 2. The standard InChI is InChI=1S/C15H26N4O2/c1-4-16-13-8-14(19-15(18-13)10-20-5-2)17-9-12-6-7-21-11(12)3/h8,11-12H,4-7,9-10H2,1-3H3,(H2,16,17,18,19). The van der Waals surface area contributed by atoms with Gasteiger partial charge in [0.15, 0.2) is 5.82 Å². The third-order valence-electron chi connectivity index (χ3n) is 3.64. The zero-order chi connectivity index (χ0) is 15.1. The Morgan fingerprint density at radius 1 is 1.29 bits per heavy atom. The van der Waals surface area contributed by atoms with E-state index >= 15 is 0 Å². The third kappa shape index (κ3) is 4.82. The molecule has 6 nitrogen and oxygen atoms in total.